The van der Waals surface area contributed by atoms with Gasteiger partial charge in [0.15, 0.2) is 5.78 Å². The maximum absolute atomic E-state index is 13.4. The van der Waals surface area contributed by atoms with Crippen LogP contribution in [-0.4, -0.2) is 12.9 Å². The van der Waals surface area contributed by atoms with E-state index in [4.69, 9.17) is 16.3 Å². The molecule has 2 atom stereocenters. The highest BCUT2D eigenvalue weighted by Gasteiger charge is 2.29. The average Bonchev–Trinajstić information content (AvgIpc) is 2.84. The number of ketones is 1. The Morgan fingerprint density at radius 1 is 0.938 bits per heavy atom. The number of carbonyl (C=O) groups excluding carboxylic acids is 1. The highest BCUT2D eigenvalue weighted by molar-refractivity contribution is 6.31. The van der Waals surface area contributed by atoms with Crippen molar-refractivity contribution >= 4 is 28.2 Å². The molecule has 0 aliphatic carbocycles. The van der Waals surface area contributed by atoms with Crippen molar-refractivity contribution in [2.24, 2.45) is 0 Å². The number of Topliss-reactive ketones (excluding diaryl/α,β-unsaturated/α-hetero) is 1. The number of nitrogens with zero attached hydrogens (tertiary/aromatic N) is 1. The third-order valence-electron chi connectivity index (χ3n) is 5.78. The van der Waals surface area contributed by atoms with E-state index in [0.29, 0.717) is 16.3 Å². The summed E-state index contributed by atoms with van der Waals surface area (Å²) in [5.74, 6) is -0.318. The zero-order valence-electron chi connectivity index (χ0n) is 17.7. The van der Waals surface area contributed by atoms with Crippen molar-refractivity contribution in [3.63, 3.8) is 0 Å². The van der Waals surface area contributed by atoms with Gasteiger partial charge in [-0.3, -0.25) is 4.79 Å². The van der Waals surface area contributed by atoms with Crippen LogP contribution in [-0.2, 0) is 0 Å². The number of hydrogen-bond donors (Lipinski definition) is 0. The molecule has 0 bridgehead atoms. The number of carbonyl (C=O) groups is 1. The van der Waals surface area contributed by atoms with Crippen molar-refractivity contribution in [1.82, 2.24) is 0 Å². The highest BCUT2D eigenvalue weighted by Crippen LogP contribution is 2.40. The van der Waals surface area contributed by atoms with Crippen molar-refractivity contribution in [3.8, 4) is 11.8 Å². The van der Waals surface area contributed by atoms with Crippen molar-refractivity contribution in [2.75, 3.05) is 7.11 Å². The molecule has 4 heteroatoms. The lowest BCUT2D eigenvalue weighted by Crippen LogP contribution is -2.15. The van der Waals surface area contributed by atoms with E-state index in [-0.39, 0.29) is 12.2 Å². The van der Waals surface area contributed by atoms with Gasteiger partial charge in [0.1, 0.15) is 5.75 Å². The van der Waals surface area contributed by atoms with Gasteiger partial charge in [0.2, 0.25) is 0 Å². The second-order valence-corrected chi connectivity index (χ2v) is 8.11. The predicted molar refractivity (Wildman–Crippen MR) is 128 cm³/mol. The van der Waals surface area contributed by atoms with Gasteiger partial charge in [-0.25, -0.2) is 0 Å². The number of rotatable bonds is 7. The molecular weight excluding hydrogens is 418 g/mol. The van der Waals surface area contributed by atoms with Crippen LogP contribution in [0.5, 0.6) is 5.75 Å². The van der Waals surface area contributed by atoms with Crippen LogP contribution in [0.25, 0.3) is 10.8 Å². The quantitative estimate of drug-likeness (QED) is 0.287. The molecule has 0 fully saturated rings. The van der Waals surface area contributed by atoms with E-state index in [2.05, 4.69) is 6.07 Å². The molecule has 32 heavy (non-hydrogen) atoms. The Kier molecular flexibility index (Phi) is 6.54. The van der Waals surface area contributed by atoms with E-state index in [0.717, 1.165) is 21.9 Å². The summed E-state index contributed by atoms with van der Waals surface area (Å²) < 4.78 is 5.28. The molecule has 0 saturated carbocycles. The molecule has 3 nitrogen and oxygen atoms in total. The zero-order chi connectivity index (χ0) is 22.5. The smallest absolute Gasteiger partial charge is 0.163 e. The van der Waals surface area contributed by atoms with Gasteiger partial charge in [-0.15, -0.1) is 0 Å². The molecular formula is C28H22ClNO2. The van der Waals surface area contributed by atoms with E-state index in [1.165, 1.54) is 0 Å². The summed E-state index contributed by atoms with van der Waals surface area (Å²) >= 11 is 6.60. The molecule has 158 valence electrons. The molecule has 0 N–H and O–H groups in total. The Balaban J connectivity index is 1.74. The van der Waals surface area contributed by atoms with Crippen LogP contribution >= 0.6 is 11.6 Å². The summed E-state index contributed by atoms with van der Waals surface area (Å²) in [4.78, 5) is 13.4. The molecule has 0 spiro atoms. The van der Waals surface area contributed by atoms with Gasteiger partial charge in [0.25, 0.3) is 0 Å². The molecule has 0 saturated heterocycles. The lowest BCUT2D eigenvalue weighted by atomic mass is 9.78. The van der Waals surface area contributed by atoms with Crippen LogP contribution < -0.4 is 4.74 Å². The van der Waals surface area contributed by atoms with Gasteiger partial charge < -0.3 is 4.74 Å². The number of hydrogen-bond acceptors (Lipinski definition) is 3. The van der Waals surface area contributed by atoms with Gasteiger partial charge in [-0.2, -0.15) is 5.26 Å². The van der Waals surface area contributed by atoms with Crippen LogP contribution in [0.3, 0.4) is 0 Å². The Labute approximate surface area is 192 Å². The first kappa shape index (κ1) is 21.6. The third-order valence-corrected chi connectivity index (χ3v) is 6.11. The van der Waals surface area contributed by atoms with E-state index >= 15 is 0 Å². The SMILES string of the molecule is COc1ccc(C(CC(=O)c2ccc3ccccc3c2)C(C#N)c2ccccc2)c(Cl)c1. The fraction of sp³-hybridized carbons (Fsp3) is 0.143. The maximum atomic E-state index is 13.4. The lowest BCUT2D eigenvalue weighted by molar-refractivity contribution is 0.0972. The molecule has 0 aliphatic rings. The van der Waals surface area contributed by atoms with Crippen LogP contribution in [0.4, 0.5) is 0 Å². The van der Waals surface area contributed by atoms with Gasteiger partial charge in [0, 0.05) is 22.9 Å². The minimum absolute atomic E-state index is 0.0242. The summed E-state index contributed by atoms with van der Waals surface area (Å²) in [6.45, 7) is 0. The molecule has 0 radical (unpaired) electrons. The number of nitriles is 1. The first-order valence-corrected chi connectivity index (χ1v) is 10.8. The van der Waals surface area contributed by atoms with Gasteiger partial charge in [0.05, 0.1) is 19.1 Å². The van der Waals surface area contributed by atoms with Crippen molar-refractivity contribution < 1.29 is 9.53 Å². The molecule has 0 heterocycles. The number of benzene rings is 4. The van der Waals surface area contributed by atoms with Crippen molar-refractivity contribution in [2.45, 2.75) is 18.3 Å². The van der Waals surface area contributed by atoms with E-state index in [1.807, 2.05) is 84.9 Å². The summed E-state index contributed by atoms with van der Waals surface area (Å²) in [6.07, 6.45) is 0.164. The summed E-state index contributed by atoms with van der Waals surface area (Å²) in [6, 6.07) is 31.0. The lowest BCUT2D eigenvalue weighted by Gasteiger charge is -2.24. The average molecular weight is 440 g/mol. The van der Waals surface area contributed by atoms with Crippen LogP contribution in [0.2, 0.25) is 5.02 Å². The first-order valence-electron chi connectivity index (χ1n) is 10.4. The van der Waals surface area contributed by atoms with Crippen LogP contribution in [0.15, 0.2) is 91.0 Å². The van der Waals surface area contributed by atoms with E-state index in [1.54, 1.807) is 13.2 Å². The Bertz CT molecular complexity index is 1290. The zero-order valence-corrected chi connectivity index (χ0v) is 18.4. The van der Waals surface area contributed by atoms with E-state index in [9.17, 15) is 10.1 Å². The molecule has 2 unspecified atom stereocenters. The van der Waals surface area contributed by atoms with Gasteiger partial charge >= 0.3 is 0 Å². The van der Waals surface area contributed by atoms with E-state index < -0.39 is 11.8 Å². The number of ether oxygens (including phenoxy) is 1. The number of halogens is 1. The Hall–Kier alpha value is -3.61. The fourth-order valence-corrected chi connectivity index (χ4v) is 4.39. The minimum atomic E-state index is -0.522. The molecule has 0 amide bonds. The third kappa shape index (κ3) is 4.51. The molecule has 4 aromatic carbocycles. The van der Waals surface area contributed by atoms with Crippen LogP contribution in [0.1, 0.15) is 39.7 Å². The Morgan fingerprint density at radius 2 is 1.66 bits per heavy atom. The second-order valence-electron chi connectivity index (χ2n) is 7.70. The monoisotopic (exact) mass is 439 g/mol. The second kappa shape index (κ2) is 9.68. The topological polar surface area (TPSA) is 50.1 Å². The highest BCUT2D eigenvalue weighted by atomic mass is 35.5. The van der Waals surface area contributed by atoms with Crippen molar-refractivity contribution in [3.05, 3.63) is 113 Å². The maximum Gasteiger partial charge on any atom is 0.163 e. The predicted octanol–water partition coefficient (Wildman–Crippen LogP) is 7.17. The molecule has 0 aromatic heterocycles. The summed E-state index contributed by atoms with van der Waals surface area (Å²) in [5.41, 5.74) is 2.25. The van der Waals surface area contributed by atoms with Gasteiger partial charge in [-0.05, 0) is 40.1 Å². The first-order chi connectivity index (χ1) is 15.6. The number of methoxy groups -OCH3 is 1. The molecule has 4 rings (SSSR count). The largest absolute Gasteiger partial charge is 0.497 e. The van der Waals surface area contributed by atoms with Crippen molar-refractivity contribution in [1.29, 1.82) is 5.26 Å². The minimum Gasteiger partial charge on any atom is -0.497 e. The molecule has 4 aromatic rings. The van der Waals surface area contributed by atoms with Crippen LogP contribution in [0, 0.1) is 11.3 Å². The van der Waals surface area contributed by atoms with Gasteiger partial charge in [-0.1, -0.05) is 84.4 Å². The normalized spacial score (nSPS) is 12.7. The summed E-state index contributed by atoms with van der Waals surface area (Å²) in [7, 11) is 1.58. The number of fused-ring (bicyclic) bond motifs is 1. The standard InChI is InChI=1S/C28H22ClNO2/c1-32-23-13-14-24(27(29)16-23)25(26(18-30)20-8-3-2-4-9-20)17-28(31)22-12-11-19-7-5-6-10-21(19)15-22/h2-16,25-26H,17H2,1H3. The Morgan fingerprint density at radius 3 is 2.34 bits per heavy atom. The summed E-state index contributed by atoms with van der Waals surface area (Å²) in [5, 5.41) is 12.7. The fourth-order valence-electron chi connectivity index (χ4n) is 4.08. The molecule has 0 aliphatic heterocycles.